The Labute approximate surface area is 203 Å². The van der Waals surface area contributed by atoms with E-state index in [0.717, 1.165) is 11.1 Å². The lowest BCUT2D eigenvalue weighted by molar-refractivity contribution is -0.153. The highest BCUT2D eigenvalue weighted by Crippen LogP contribution is 2.19. The maximum atomic E-state index is 12.3. The second kappa shape index (κ2) is 13.1. The van der Waals surface area contributed by atoms with Crippen LogP contribution in [-0.2, 0) is 13.1 Å². The standard InChI is InChI=1S/C22H27F3N4O2.HI/c1-4-26-21(27-13-16-8-10-18(11-9-16)20(30)29(2)3)28-14-17-6-5-7-19(12-17)31-15-22(23,24)25;/h5-12H,4,13-15H2,1-3H3,(H2,26,27,28);1H. The second-order valence-electron chi connectivity index (χ2n) is 7.00. The molecule has 0 aliphatic heterocycles. The van der Waals surface area contributed by atoms with Gasteiger partial charge in [-0.1, -0.05) is 24.3 Å². The van der Waals surface area contributed by atoms with Crippen LogP contribution >= 0.6 is 24.0 Å². The van der Waals surface area contributed by atoms with Crippen LogP contribution in [-0.4, -0.2) is 50.2 Å². The van der Waals surface area contributed by atoms with Gasteiger partial charge in [-0.25, -0.2) is 4.99 Å². The lowest BCUT2D eigenvalue weighted by atomic mass is 10.1. The van der Waals surface area contributed by atoms with Crippen LogP contribution in [0.15, 0.2) is 53.5 Å². The molecule has 2 aromatic carbocycles. The van der Waals surface area contributed by atoms with E-state index in [1.165, 1.54) is 11.0 Å². The number of nitrogens with zero attached hydrogens (tertiary/aromatic N) is 2. The topological polar surface area (TPSA) is 66.0 Å². The number of amides is 1. The maximum Gasteiger partial charge on any atom is 0.422 e. The van der Waals surface area contributed by atoms with E-state index in [4.69, 9.17) is 4.74 Å². The predicted octanol–water partition coefficient (Wildman–Crippen LogP) is 4.20. The van der Waals surface area contributed by atoms with Gasteiger partial charge in [0.05, 0.1) is 6.54 Å². The molecule has 0 aromatic heterocycles. The number of nitrogens with one attached hydrogen (secondary N) is 2. The van der Waals surface area contributed by atoms with E-state index in [0.29, 0.717) is 24.6 Å². The van der Waals surface area contributed by atoms with Crippen molar-refractivity contribution in [1.29, 1.82) is 0 Å². The molecule has 176 valence electrons. The molecule has 6 nitrogen and oxygen atoms in total. The fourth-order valence-electron chi connectivity index (χ4n) is 2.62. The second-order valence-corrected chi connectivity index (χ2v) is 7.00. The van der Waals surface area contributed by atoms with Crippen molar-refractivity contribution in [2.45, 2.75) is 26.2 Å². The molecule has 1 amide bonds. The number of halogens is 4. The van der Waals surface area contributed by atoms with Gasteiger partial charge in [-0.2, -0.15) is 13.2 Å². The third kappa shape index (κ3) is 9.75. The molecule has 0 saturated carbocycles. The first-order valence-corrected chi connectivity index (χ1v) is 9.79. The van der Waals surface area contributed by atoms with Crippen molar-refractivity contribution in [2.75, 3.05) is 27.2 Å². The monoisotopic (exact) mass is 564 g/mol. The van der Waals surface area contributed by atoms with Crippen molar-refractivity contribution < 1.29 is 22.7 Å². The number of carbonyl (C=O) groups excluding carboxylic acids is 1. The fourth-order valence-corrected chi connectivity index (χ4v) is 2.62. The van der Waals surface area contributed by atoms with Crippen LogP contribution in [0.2, 0.25) is 0 Å². The minimum atomic E-state index is -4.38. The Hall–Kier alpha value is -2.50. The van der Waals surface area contributed by atoms with Gasteiger partial charge in [-0.3, -0.25) is 4.79 Å². The van der Waals surface area contributed by atoms with E-state index < -0.39 is 12.8 Å². The van der Waals surface area contributed by atoms with Gasteiger partial charge in [0.15, 0.2) is 12.6 Å². The minimum Gasteiger partial charge on any atom is -0.484 e. The summed E-state index contributed by atoms with van der Waals surface area (Å²) in [5.41, 5.74) is 2.31. The van der Waals surface area contributed by atoms with Gasteiger partial charge in [0.25, 0.3) is 5.91 Å². The Kier molecular flexibility index (Phi) is 11.3. The number of hydrogen-bond donors (Lipinski definition) is 2. The SMILES string of the molecule is CCNC(=NCc1cccc(OCC(F)(F)F)c1)NCc1ccc(C(=O)N(C)C)cc1.I. The lowest BCUT2D eigenvalue weighted by Crippen LogP contribution is -2.36. The number of benzene rings is 2. The Bertz CT molecular complexity index is 887. The van der Waals surface area contributed by atoms with Gasteiger partial charge in [-0.05, 0) is 42.3 Å². The molecule has 0 aliphatic rings. The molecule has 32 heavy (non-hydrogen) atoms. The molecular weight excluding hydrogens is 536 g/mol. The van der Waals surface area contributed by atoms with E-state index in [2.05, 4.69) is 15.6 Å². The van der Waals surface area contributed by atoms with Crippen molar-refractivity contribution in [3.8, 4) is 5.75 Å². The summed E-state index contributed by atoms with van der Waals surface area (Å²) in [7, 11) is 3.41. The van der Waals surface area contributed by atoms with Crippen LogP contribution in [0.25, 0.3) is 0 Å². The van der Waals surface area contributed by atoms with Crippen molar-refractivity contribution in [3.63, 3.8) is 0 Å². The highest BCUT2D eigenvalue weighted by molar-refractivity contribution is 14.0. The summed E-state index contributed by atoms with van der Waals surface area (Å²) in [5, 5.41) is 6.33. The van der Waals surface area contributed by atoms with Gasteiger partial charge in [0.2, 0.25) is 0 Å². The molecule has 0 atom stereocenters. The highest BCUT2D eigenvalue weighted by atomic mass is 127. The van der Waals surface area contributed by atoms with Crippen molar-refractivity contribution >= 4 is 35.8 Å². The van der Waals surface area contributed by atoms with E-state index in [1.54, 1.807) is 44.4 Å². The van der Waals surface area contributed by atoms with Gasteiger partial charge < -0.3 is 20.3 Å². The molecule has 0 saturated heterocycles. The fraction of sp³-hybridized carbons (Fsp3) is 0.364. The van der Waals surface area contributed by atoms with Crippen LogP contribution in [0.3, 0.4) is 0 Å². The summed E-state index contributed by atoms with van der Waals surface area (Å²) in [6.07, 6.45) is -4.38. The van der Waals surface area contributed by atoms with Crippen molar-refractivity contribution in [3.05, 3.63) is 65.2 Å². The minimum absolute atomic E-state index is 0. The largest absolute Gasteiger partial charge is 0.484 e. The van der Waals surface area contributed by atoms with E-state index in [9.17, 15) is 18.0 Å². The molecule has 0 heterocycles. The summed E-state index contributed by atoms with van der Waals surface area (Å²) in [6, 6.07) is 13.7. The molecular formula is C22H28F3IN4O2. The van der Waals surface area contributed by atoms with Gasteiger partial charge in [0.1, 0.15) is 5.75 Å². The lowest BCUT2D eigenvalue weighted by Gasteiger charge is -2.13. The molecule has 2 rings (SSSR count). The van der Waals surface area contributed by atoms with Crippen molar-refractivity contribution in [2.24, 2.45) is 4.99 Å². The average Bonchev–Trinajstić information content (AvgIpc) is 2.74. The van der Waals surface area contributed by atoms with Crippen LogP contribution in [0.5, 0.6) is 5.75 Å². The first-order chi connectivity index (χ1) is 14.7. The summed E-state index contributed by atoms with van der Waals surface area (Å²) >= 11 is 0. The number of carbonyl (C=O) groups is 1. The molecule has 10 heteroatoms. The number of ether oxygens (including phenoxy) is 1. The zero-order valence-electron chi connectivity index (χ0n) is 18.2. The first-order valence-electron chi connectivity index (χ1n) is 9.79. The molecule has 0 aliphatic carbocycles. The zero-order valence-corrected chi connectivity index (χ0v) is 20.5. The van der Waals surface area contributed by atoms with Crippen LogP contribution in [0.1, 0.15) is 28.4 Å². The number of guanidine groups is 1. The molecule has 2 N–H and O–H groups in total. The number of hydrogen-bond acceptors (Lipinski definition) is 3. The summed E-state index contributed by atoms with van der Waals surface area (Å²) in [5.74, 6) is 0.656. The van der Waals surface area contributed by atoms with Gasteiger partial charge >= 0.3 is 6.18 Å². The Morgan fingerprint density at radius 3 is 2.34 bits per heavy atom. The Morgan fingerprint density at radius 2 is 1.75 bits per heavy atom. The number of rotatable bonds is 8. The van der Waals surface area contributed by atoms with Crippen LogP contribution in [0, 0.1) is 0 Å². The third-order valence-electron chi connectivity index (χ3n) is 4.13. The summed E-state index contributed by atoms with van der Waals surface area (Å²) in [4.78, 5) is 18.0. The van der Waals surface area contributed by atoms with E-state index in [-0.39, 0.29) is 42.2 Å². The smallest absolute Gasteiger partial charge is 0.422 e. The Balaban J connectivity index is 0.00000512. The Morgan fingerprint density at radius 1 is 1.06 bits per heavy atom. The molecule has 2 aromatic rings. The molecule has 0 radical (unpaired) electrons. The van der Waals surface area contributed by atoms with Gasteiger partial charge in [0, 0.05) is 32.7 Å². The number of aliphatic imine (C=N–C) groups is 1. The molecule has 0 spiro atoms. The predicted molar refractivity (Wildman–Crippen MR) is 130 cm³/mol. The quantitative estimate of drug-likeness (QED) is 0.287. The van der Waals surface area contributed by atoms with Crippen LogP contribution in [0.4, 0.5) is 13.2 Å². The molecule has 0 bridgehead atoms. The van der Waals surface area contributed by atoms with Crippen molar-refractivity contribution in [1.82, 2.24) is 15.5 Å². The third-order valence-corrected chi connectivity index (χ3v) is 4.13. The average molecular weight is 564 g/mol. The summed E-state index contributed by atoms with van der Waals surface area (Å²) in [6.45, 7) is 2.02. The van der Waals surface area contributed by atoms with Gasteiger partial charge in [-0.15, -0.1) is 24.0 Å². The first kappa shape index (κ1) is 27.5. The van der Waals surface area contributed by atoms with Crippen LogP contribution < -0.4 is 15.4 Å². The maximum absolute atomic E-state index is 12.3. The zero-order chi connectivity index (χ0) is 22.9. The van der Waals surface area contributed by atoms with E-state index in [1.807, 2.05) is 19.1 Å². The summed E-state index contributed by atoms with van der Waals surface area (Å²) < 4.78 is 41.7. The molecule has 0 unspecified atom stereocenters. The van der Waals surface area contributed by atoms with E-state index >= 15 is 0 Å². The number of alkyl halides is 3. The normalized spacial score (nSPS) is 11.4. The molecule has 0 fully saturated rings. The highest BCUT2D eigenvalue weighted by Gasteiger charge is 2.28.